The number of rotatable bonds is 5. The molecule has 0 saturated heterocycles. The minimum atomic E-state index is -0.418. The van der Waals surface area contributed by atoms with E-state index in [1.54, 1.807) is 6.92 Å². The van der Waals surface area contributed by atoms with Gasteiger partial charge in [-0.05, 0) is 25.3 Å². The second-order valence-corrected chi connectivity index (χ2v) is 6.64. The summed E-state index contributed by atoms with van der Waals surface area (Å²) in [7, 11) is 0. The van der Waals surface area contributed by atoms with Crippen LogP contribution in [0.4, 0.5) is 0 Å². The molecule has 0 unspecified atom stereocenters. The number of ether oxygens (including phenoxy) is 1. The number of thioether (sulfide) groups is 1. The van der Waals surface area contributed by atoms with E-state index in [-0.39, 0.29) is 6.61 Å². The minimum Gasteiger partial charge on any atom is -0.463 e. The molecule has 0 aliphatic carbocycles. The third kappa shape index (κ3) is 3.61. The van der Waals surface area contributed by atoms with Crippen LogP contribution in [-0.2, 0) is 9.53 Å². The average molecular weight is 344 g/mol. The predicted molar refractivity (Wildman–Crippen MR) is 93.5 cm³/mol. The molecule has 1 aliphatic heterocycles. The number of hydrogen-bond acceptors (Lipinski definition) is 6. The van der Waals surface area contributed by atoms with Crippen LogP contribution in [0.1, 0.15) is 24.6 Å². The molecule has 0 bridgehead atoms. The number of dihydropyridines is 1. The number of nitrogens with one attached hydrogen (secondary N) is 1. The van der Waals surface area contributed by atoms with Gasteiger partial charge in [0.1, 0.15) is 0 Å². The number of hydrogen-bond donors (Lipinski definition) is 1. The zero-order valence-electron chi connectivity index (χ0n) is 12.9. The molecule has 1 atom stereocenters. The number of carbonyl (C=O) groups excluding carboxylic acids is 1. The summed E-state index contributed by atoms with van der Waals surface area (Å²) in [5.74, 6) is 2.15. The molecule has 0 fully saturated rings. The standard InChI is InChI=1S/C17H16N2O2S2/c1-4-8-23-16-15(17(20)21-5-2)14(13-7-6-9-22-13)12(10-18)11(3)19-16/h1,6-7,9,14,19H,5,8H2,2-3H3/t14-/m0/s1. The summed E-state index contributed by atoms with van der Waals surface area (Å²) in [6.07, 6.45) is 5.34. The van der Waals surface area contributed by atoms with Crippen molar-refractivity contribution in [2.75, 3.05) is 12.4 Å². The molecule has 0 amide bonds. The molecule has 1 N–H and O–H groups in total. The third-order valence-corrected chi connectivity index (χ3v) is 5.13. The quantitative estimate of drug-likeness (QED) is 0.655. The number of thiophene rings is 1. The Morgan fingerprint density at radius 2 is 2.39 bits per heavy atom. The molecule has 0 radical (unpaired) electrons. The lowest BCUT2D eigenvalue weighted by Gasteiger charge is -2.28. The summed E-state index contributed by atoms with van der Waals surface area (Å²) < 4.78 is 5.22. The van der Waals surface area contributed by atoms with Gasteiger partial charge >= 0.3 is 5.97 Å². The van der Waals surface area contributed by atoms with Crippen molar-refractivity contribution in [1.29, 1.82) is 5.26 Å². The van der Waals surface area contributed by atoms with Crippen LogP contribution >= 0.6 is 23.1 Å². The van der Waals surface area contributed by atoms with E-state index in [4.69, 9.17) is 11.2 Å². The van der Waals surface area contributed by atoms with Crippen LogP contribution in [0.3, 0.4) is 0 Å². The zero-order valence-corrected chi connectivity index (χ0v) is 14.5. The van der Waals surface area contributed by atoms with Crippen molar-refractivity contribution in [3.8, 4) is 18.4 Å². The molecule has 1 aromatic rings. The van der Waals surface area contributed by atoms with Crippen LogP contribution in [0.2, 0.25) is 0 Å². The lowest BCUT2D eigenvalue weighted by Crippen LogP contribution is -2.28. The Bertz CT molecular complexity index is 734. The number of allylic oxidation sites excluding steroid dienone is 2. The maximum absolute atomic E-state index is 12.5. The van der Waals surface area contributed by atoms with Gasteiger partial charge in [-0.1, -0.05) is 23.7 Å². The van der Waals surface area contributed by atoms with Gasteiger partial charge in [0.15, 0.2) is 0 Å². The first kappa shape index (κ1) is 17.2. The highest BCUT2D eigenvalue weighted by atomic mass is 32.2. The third-order valence-electron chi connectivity index (χ3n) is 3.27. The Balaban J connectivity index is 2.58. The van der Waals surface area contributed by atoms with E-state index >= 15 is 0 Å². The summed E-state index contributed by atoms with van der Waals surface area (Å²) in [6, 6.07) is 6.06. The van der Waals surface area contributed by atoms with E-state index in [9.17, 15) is 10.1 Å². The highest BCUT2D eigenvalue weighted by Crippen LogP contribution is 2.42. The molecule has 1 aliphatic rings. The SMILES string of the molecule is C#CCSC1=C(C(=O)OCC)[C@H](c2cccs2)C(C#N)=C(C)N1. The minimum absolute atomic E-state index is 0.275. The first-order valence-electron chi connectivity index (χ1n) is 7.02. The fourth-order valence-electron chi connectivity index (χ4n) is 2.33. The van der Waals surface area contributed by atoms with E-state index in [1.165, 1.54) is 23.1 Å². The molecule has 2 heterocycles. The second-order valence-electron chi connectivity index (χ2n) is 4.68. The van der Waals surface area contributed by atoms with E-state index in [2.05, 4.69) is 17.3 Å². The number of nitrogens with zero attached hydrogens (tertiary/aromatic N) is 1. The predicted octanol–water partition coefficient (Wildman–Crippen LogP) is 3.37. The maximum Gasteiger partial charge on any atom is 0.337 e. The second kappa shape index (κ2) is 7.92. The van der Waals surface area contributed by atoms with Gasteiger partial charge in [-0.25, -0.2) is 4.79 Å². The van der Waals surface area contributed by atoms with Crippen molar-refractivity contribution >= 4 is 29.1 Å². The summed E-state index contributed by atoms with van der Waals surface area (Å²) in [6.45, 7) is 3.87. The van der Waals surface area contributed by atoms with Crippen LogP contribution in [0.25, 0.3) is 0 Å². The summed E-state index contributed by atoms with van der Waals surface area (Å²) >= 11 is 2.88. The Hall–Kier alpha value is -2.15. The topological polar surface area (TPSA) is 62.1 Å². The van der Waals surface area contributed by atoms with Crippen molar-refractivity contribution in [2.45, 2.75) is 19.8 Å². The summed E-state index contributed by atoms with van der Waals surface area (Å²) in [4.78, 5) is 13.5. The van der Waals surface area contributed by atoms with Gasteiger partial charge in [-0.3, -0.25) is 0 Å². The lowest BCUT2D eigenvalue weighted by atomic mass is 9.87. The van der Waals surface area contributed by atoms with E-state index < -0.39 is 11.9 Å². The van der Waals surface area contributed by atoms with Crippen molar-refractivity contribution in [3.05, 3.63) is 44.3 Å². The van der Waals surface area contributed by atoms with E-state index in [1.807, 2.05) is 24.4 Å². The molecule has 23 heavy (non-hydrogen) atoms. The number of nitriles is 1. The normalized spacial score (nSPS) is 17.3. The molecule has 6 heteroatoms. The van der Waals surface area contributed by atoms with Crippen molar-refractivity contribution < 1.29 is 9.53 Å². The van der Waals surface area contributed by atoms with E-state index in [0.717, 1.165) is 10.6 Å². The van der Waals surface area contributed by atoms with Gasteiger partial charge < -0.3 is 10.1 Å². The highest BCUT2D eigenvalue weighted by Gasteiger charge is 2.36. The first-order valence-corrected chi connectivity index (χ1v) is 8.89. The van der Waals surface area contributed by atoms with Gasteiger partial charge in [0.2, 0.25) is 0 Å². The van der Waals surface area contributed by atoms with Crippen molar-refractivity contribution in [1.82, 2.24) is 5.32 Å². The van der Waals surface area contributed by atoms with Gasteiger partial charge in [0.25, 0.3) is 0 Å². The smallest absolute Gasteiger partial charge is 0.337 e. The fourth-order valence-corrected chi connectivity index (χ4v) is 3.99. The monoisotopic (exact) mass is 344 g/mol. The molecule has 0 spiro atoms. The Morgan fingerprint density at radius 3 is 2.96 bits per heavy atom. The lowest BCUT2D eigenvalue weighted by molar-refractivity contribution is -0.138. The first-order chi connectivity index (χ1) is 11.1. The number of esters is 1. The molecule has 118 valence electrons. The Kier molecular flexibility index (Phi) is 5.92. The fraction of sp³-hybridized carbons (Fsp3) is 0.294. The van der Waals surface area contributed by atoms with Crippen LogP contribution in [-0.4, -0.2) is 18.3 Å². The highest BCUT2D eigenvalue weighted by molar-refractivity contribution is 8.03. The molecule has 0 aromatic carbocycles. The van der Waals surface area contributed by atoms with Gasteiger partial charge in [0, 0.05) is 10.6 Å². The summed E-state index contributed by atoms with van der Waals surface area (Å²) in [5.41, 5.74) is 1.72. The average Bonchev–Trinajstić information content (AvgIpc) is 3.06. The summed E-state index contributed by atoms with van der Waals surface area (Å²) in [5, 5.41) is 15.3. The molecule has 4 nitrogen and oxygen atoms in total. The van der Waals surface area contributed by atoms with Crippen molar-refractivity contribution in [2.24, 2.45) is 0 Å². The van der Waals surface area contributed by atoms with Gasteiger partial charge in [-0.2, -0.15) is 5.26 Å². The van der Waals surface area contributed by atoms with Crippen LogP contribution in [0.15, 0.2) is 39.4 Å². The molecule has 1 aromatic heterocycles. The van der Waals surface area contributed by atoms with Crippen LogP contribution in [0.5, 0.6) is 0 Å². The number of terminal acetylenes is 1. The largest absolute Gasteiger partial charge is 0.463 e. The van der Waals surface area contributed by atoms with E-state index in [0.29, 0.717) is 21.9 Å². The van der Waals surface area contributed by atoms with Gasteiger partial charge in [0.05, 0.1) is 40.5 Å². The molecular formula is C17H16N2O2S2. The Labute approximate surface area is 144 Å². The molecular weight excluding hydrogens is 328 g/mol. The maximum atomic E-state index is 12.5. The Morgan fingerprint density at radius 1 is 1.61 bits per heavy atom. The van der Waals surface area contributed by atoms with Crippen LogP contribution in [0, 0.1) is 23.7 Å². The zero-order chi connectivity index (χ0) is 16.8. The number of carbonyl (C=O) groups is 1. The van der Waals surface area contributed by atoms with Gasteiger partial charge in [-0.15, -0.1) is 17.8 Å². The molecule has 0 saturated carbocycles. The van der Waals surface area contributed by atoms with Crippen LogP contribution < -0.4 is 5.32 Å². The molecule has 2 rings (SSSR count). The van der Waals surface area contributed by atoms with Crippen molar-refractivity contribution in [3.63, 3.8) is 0 Å².